The van der Waals surface area contributed by atoms with Gasteiger partial charge in [0.2, 0.25) is 0 Å². The van der Waals surface area contributed by atoms with Gasteiger partial charge in [-0.15, -0.1) is 24.5 Å². The van der Waals surface area contributed by atoms with E-state index in [0.29, 0.717) is 23.8 Å². The summed E-state index contributed by atoms with van der Waals surface area (Å²) in [7, 11) is 0. The van der Waals surface area contributed by atoms with Gasteiger partial charge in [-0.05, 0) is 31.5 Å². The maximum atomic E-state index is 13.7. The highest BCUT2D eigenvalue weighted by molar-refractivity contribution is 7.19. The van der Waals surface area contributed by atoms with E-state index >= 15 is 0 Å². The molecule has 1 N–H and O–H groups in total. The number of alkyl halides is 6. The first-order chi connectivity index (χ1) is 14.9. The lowest BCUT2D eigenvalue weighted by atomic mass is 9.90. The standard InChI is InChI=1S/C20H18F6N2O3S/c1-3-8-18(29,11-10-27-9-7-13(11)30-4-2)17-28-12-5-6-14(31-20(24,25)26)15(16(12)32-17)19(21,22)23/h5-7,9-10,29H,3-4,8H2,1-2H3/t18-/m0/s1. The highest BCUT2D eigenvalue weighted by atomic mass is 32.1. The fourth-order valence-electron chi connectivity index (χ4n) is 3.32. The number of nitrogens with zero attached hydrogens (tertiary/aromatic N) is 2. The zero-order valence-electron chi connectivity index (χ0n) is 16.8. The highest BCUT2D eigenvalue weighted by Gasteiger charge is 2.43. The van der Waals surface area contributed by atoms with Crippen molar-refractivity contribution < 1.29 is 40.9 Å². The Kier molecular flexibility index (Phi) is 6.57. The number of benzene rings is 1. The summed E-state index contributed by atoms with van der Waals surface area (Å²) in [6.07, 6.45) is -7.23. The van der Waals surface area contributed by atoms with Gasteiger partial charge < -0.3 is 14.6 Å². The van der Waals surface area contributed by atoms with Crippen LogP contribution in [0.3, 0.4) is 0 Å². The molecule has 2 aromatic heterocycles. The van der Waals surface area contributed by atoms with Crippen LogP contribution in [-0.4, -0.2) is 28.0 Å². The number of hydrogen-bond donors (Lipinski definition) is 1. The number of thiazole rings is 1. The first kappa shape index (κ1) is 24.1. The lowest BCUT2D eigenvalue weighted by Crippen LogP contribution is -2.28. The van der Waals surface area contributed by atoms with Crippen molar-refractivity contribution in [3.63, 3.8) is 0 Å². The molecular formula is C20H18F6N2O3S. The second-order valence-electron chi connectivity index (χ2n) is 6.77. The average Bonchev–Trinajstić information content (AvgIpc) is 3.11. The fourth-order valence-corrected chi connectivity index (χ4v) is 4.58. The first-order valence-electron chi connectivity index (χ1n) is 9.47. The van der Waals surface area contributed by atoms with Crippen molar-refractivity contribution in [2.24, 2.45) is 0 Å². The predicted molar refractivity (Wildman–Crippen MR) is 105 cm³/mol. The zero-order chi connectivity index (χ0) is 23.7. The molecular weight excluding hydrogens is 462 g/mol. The normalized spacial score (nSPS) is 14.4. The summed E-state index contributed by atoms with van der Waals surface area (Å²) in [6.45, 7) is 3.74. The summed E-state index contributed by atoms with van der Waals surface area (Å²) in [5.74, 6) is -1.11. The third-order valence-corrected chi connectivity index (χ3v) is 5.76. The number of hydrogen-bond acceptors (Lipinski definition) is 6. The topological polar surface area (TPSA) is 64.5 Å². The zero-order valence-corrected chi connectivity index (χ0v) is 17.7. The number of aliphatic hydroxyl groups is 1. The Balaban J connectivity index is 2.26. The summed E-state index contributed by atoms with van der Waals surface area (Å²) in [6, 6.07) is 3.06. The molecule has 0 saturated heterocycles. The lowest BCUT2D eigenvalue weighted by molar-refractivity contribution is -0.276. The largest absolute Gasteiger partial charge is 0.573 e. The van der Waals surface area contributed by atoms with Crippen molar-refractivity contribution in [1.29, 1.82) is 0 Å². The van der Waals surface area contributed by atoms with Crippen molar-refractivity contribution in [2.75, 3.05) is 6.61 Å². The number of rotatable bonds is 7. The molecule has 32 heavy (non-hydrogen) atoms. The molecule has 0 saturated carbocycles. The molecule has 0 aliphatic rings. The van der Waals surface area contributed by atoms with Crippen LogP contribution in [0.5, 0.6) is 11.5 Å². The number of aromatic nitrogens is 2. The SMILES string of the molecule is CCC[C@@](O)(c1nc2ccc(OC(F)(F)F)c(C(F)(F)F)c2s1)c1cnccc1OCC. The lowest BCUT2D eigenvalue weighted by Gasteiger charge is -2.27. The molecule has 0 spiro atoms. The Morgan fingerprint density at radius 1 is 1.03 bits per heavy atom. The van der Waals surface area contributed by atoms with Crippen LogP contribution in [0.2, 0.25) is 0 Å². The van der Waals surface area contributed by atoms with E-state index in [1.54, 1.807) is 13.8 Å². The summed E-state index contributed by atoms with van der Waals surface area (Å²) >= 11 is 0.448. The maximum Gasteiger partial charge on any atom is 0.573 e. The summed E-state index contributed by atoms with van der Waals surface area (Å²) in [4.78, 5) is 8.12. The van der Waals surface area contributed by atoms with Crippen LogP contribution < -0.4 is 9.47 Å². The Morgan fingerprint density at radius 2 is 1.75 bits per heavy atom. The van der Waals surface area contributed by atoms with Gasteiger partial charge >= 0.3 is 12.5 Å². The third-order valence-electron chi connectivity index (χ3n) is 4.52. The molecule has 0 aliphatic heterocycles. The monoisotopic (exact) mass is 480 g/mol. The maximum absolute atomic E-state index is 13.7. The first-order valence-corrected chi connectivity index (χ1v) is 10.3. The van der Waals surface area contributed by atoms with Crippen molar-refractivity contribution >= 4 is 21.6 Å². The minimum atomic E-state index is -5.31. The molecule has 1 atom stereocenters. The molecule has 1 aromatic carbocycles. The molecule has 0 unspecified atom stereocenters. The molecule has 2 heterocycles. The molecule has 0 fully saturated rings. The second kappa shape index (κ2) is 8.74. The van der Waals surface area contributed by atoms with Crippen molar-refractivity contribution in [2.45, 2.75) is 44.8 Å². The summed E-state index contributed by atoms with van der Waals surface area (Å²) in [5, 5.41) is 11.4. The van der Waals surface area contributed by atoms with Crippen LogP contribution in [0, 0.1) is 0 Å². The minimum Gasteiger partial charge on any atom is -0.493 e. The number of fused-ring (bicyclic) bond motifs is 1. The van der Waals surface area contributed by atoms with Gasteiger partial charge in [-0.2, -0.15) is 13.2 Å². The predicted octanol–water partition coefficient (Wildman–Crippen LogP) is 6.04. The van der Waals surface area contributed by atoms with E-state index in [1.807, 2.05) is 0 Å². The summed E-state index contributed by atoms with van der Waals surface area (Å²) < 4.78 is 87.8. The van der Waals surface area contributed by atoms with Gasteiger partial charge in [0.15, 0.2) is 0 Å². The Morgan fingerprint density at radius 3 is 2.34 bits per heavy atom. The van der Waals surface area contributed by atoms with Gasteiger partial charge in [-0.25, -0.2) is 4.98 Å². The average molecular weight is 480 g/mol. The van der Waals surface area contributed by atoms with E-state index in [4.69, 9.17) is 4.74 Å². The highest BCUT2D eigenvalue weighted by Crippen LogP contribution is 2.48. The molecule has 0 radical (unpaired) electrons. The quantitative estimate of drug-likeness (QED) is 0.418. The van der Waals surface area contributed by atoms with E-state index in [-0.39, 0.29) is 34.9 Å². The smallest absolute Gasteiger partial charge is 0.493 e. The molecule has 174 valence electrons. The van der Waals surface area contributed by atoms with Gasteiger partial charge in [0.1, 0.15) is 27.7 Å². The van der Waals surface area contributed by atoms with Gasteiger partial charge in [0, 0.05) is 12.4 Å². The number of ether oxygens (including phenoxy) is 2. The molecule has 0 aliphatic carbocycles. The Bertz CT molecular complexity index is 1100. The van der Waals surface area contributed by atoms with E-state index in [2.05, 4.69) is 14.7 Å². The van der Waals surface area contributed by atoms with E-state index in [0.717, 1.165) is 6.07 Å². The van der Waals surface area contributed by atoms with Gasteiger partial charge in [-0.3, -0.25) is 4.98 Å². The van der Waals surface area contributed by atoms with Crippen molar-refractivity contribution in [3.8, 4) is 11.5 Å². The van der Waals surface area contributed by atoms with Crippen LogP contribution in [0.15, 0.2) is 30.6 Å². The van der Waals surface area contributed by atoms with Gasteiger partial charge in [0.05, 0.1) is 22.4 Å². The van der Waals surface area contributed by atoms with Crippen LogP contribution >= 0.6 is 11.3 Å². The second-order valence-corrected chi connectivity index (χ2v) is 7.77. The number of halogens is 6. The van der Waals surface area contributed by atoms with E-state index < -0.39 is 34.2 Å². The van der Waals surface area contributed by atoms with Crippen molar-refractivity contribution in [1.82, 2.24) is 9.97 Å². The molecule has 0 amide bonds. The fraction of sp³-hybridized carbons (Fsp3) is 0.400. The van der Waals surface area contributed by atoms with Crippen LogP contribution in [-0.2, 0) is 11.8 Å². The van der Waals surface area contributed by atoms with Gasteiger partial charge in [-0.1, -0.05) is 13.3 Å². The molecule has 3 aromatic rings. The van der Waals surface area contributed by atoms with Crippen molar-refractivity contribution in [3.05, 3.63) is 46.7 Å². The molecule has 12 heteroatoms. The third kappa shape index (κ3) is 4.75. The Hall–Kier alpha value is -2.60. The van der Waals surface area contributed by atoms with E-state index in [9.17, 15) is 31.4 Å². The van der Waals surface area contributed by atoms with Gasteiger partial charge in [0.25, 0.3) is 0 Å². The van der Waals surface area contributed by atoms with Crippen LogP contribution in [0.1, 0.15) is 42.8 Å². The number of pyridine rings is 1. The minimum absolute atomic E-state index is 0.0614. The van der Waals surface area contributed by atoms with Crippen LogP contribution in [0.25, 0.3) is 10.2 Å². The van der Waals surface area contributed by atoms with E-state index in [1.165, 1.54) is 18.5 Å². The van der Waals surface area contributed by atoms with Crippen LogP contribution in [0.4, 0.5) is 26.3 Å². The summed E-state index contributed by atoms with van der Waals surface area (Å²) in [5.41, 5.74) is -3.50. The molecule has 3 rings (SSSR count). The molecule has 0 bridgehead atoms. The molecule has 5 nitrogen and oxygen atoms in total. The Labute approximate surface area is 182 Å².